The first kappa shape index (κ1) is 17.4. The average molecular weight is 366 g/mol. The largest absolute Gasteiger partial charge is 0.489 e. The van der Waals surface area contributed by atoms with Crippen molar-refractivity contribution >= 4 is 17.5 Å². The van der Waals surface area contributed by atoms with Gasteiger partial charge in [0, 0.05) is 19.0 Å². The number of fused-ring (bicyclic) bond motifs is 1. The Labute approximate surface area is 149 Å². The molecular weight excluding hydrogens is 349 g/mol. The molecule has 1 amide bonds. The zero-order valence-corrected chi connectivity index (χ0v) is 14.1. The highest BCUT2D eigenvalue weighted by Gasteiger charge is 2.16. The number of nitrogens with one attached hydrogen (secondary N) is 1. The molecule has 3 rings (SSSR count). The van der Waals surface area contributed by atoms with Crippen molar-refractivity contribution < 1.29 is 23.4 Å². The molecule has 0 unspecified atom stereocenters. The van der Waals surface area contributed by atoms with Crippen LogP contribution in [0.2, 0.25) is 5.02 Å². The second-order valence-electron chi connectivity index (χ2n) is 5.48. The van der Waals surface area contributed by atoms with Gasteiger partial charge in [0.25, 0.3) is 5.91 Å². The van der Waals surface area contributed by atoms with E-state index in [4.69, 9.17) is 25.8 Å². The van der Waals surface area contributed by atoms with Crippen molar-refractivity contribution in [3.63, 3.8) is 0 Å². The van der Waals surface area contributed by atoms with Crippen molar-refractivity contribution in [2.75, 3.05) is 19.8 Å². The molecule has 0 aliphatic carbocycles. The number of amides is 1. The van der Waals surface area contributed by atoms with Gasteiger partial charge in [0.15, 0.2) is 18.1 Å². The number of halogens is 2. The van der Waals surface area contributed by atoms with Gasteiger partial charge in [0.1, 0.15) is 11.6 Å². The maximum absolute atomic E-state index is 13.1. The lowest BCUT2D eigenvalue weighted by molar-refractivity contribution is -0.123. The molecule has 5 nitrogen and oxygen atoms in total. The summed E-state index contributed by atoms with van der Waals surface area (Å²) in [6.45, 7) is 1.17. The number of ether oxygens (including phenoxy) is 3. The number of hydrogen-bond acceptors (Lipinski definition) is 4. The zero-order valence-electron chi connectivity index (χ0n) is 13.4. The fourth-order valence-corrected chi connectivity index (χ4v) is 2.63. The van der Waals surface area contributed by atoms with Crippen LogP contribution >= 0.6 is 11.6 Å². The fourth-order valence-electron chi connectivity index (χ4n) is 2.34. The summed E-state index contributed by atoms with van der Waals surface area (Å²) in [4.78, 5) is 11.9. The van der Waals surface area contributed by atoms with E-state index in [-0.39, 0.29) is 19.1 Å². The zero-order chi connectivity index (χ0) is 17.6. The number of benzene rings is 2. The van der Waals surface area contributed by atoms with Gasteiger partial charge in [-0.3, -0.25) is 4.79 Å². The summed E-state index contributed by atoms with van der Waals surface area (Å²) in [5, 5.41) is 3.16. The van der Waals surface area contributed by atoms with Crippen LogP contribution in [0.4, 0.5) is 4.39 Å². The first-order valence-electron chi connectivity index (χ1n) is 7.85. The van der Waals surface area contributed by atoms with Crippen LogP contribution in [0.25, 0.3) is 0 Å². The molecule has 1 aliphatic rings. The van der Waals surface area contributed by atoms with Crippen LogP contribution in [0.5, 0.6) is 17.2 Å². The van der Waals surface area contributed by atoms with Gasteiger partial charge in [-0.15, -0.1) is 0 Å². The summed E-state index contributed by atoms with van der Waals surface area (Å²) in [6.07, 6.45) is 0.786. The van der Waals surface area contributed by atoms with E-state index in [0.717, 1.165) is 12.0 Å². The van der Waals surface area contributed by atoms with Gasteiger partial charge < -0.3 is 19.5 Å². The van der Waals surface area contributed by atoms with E-state index in [0.29, 0.717) is 35.5 Å². The summed E-state index contributed by atoms with van der Waals surface area (Å²) in [7, 11) is 0. The Morgan fingerprint density at radius 3 is 2.92 bits per heavy atom. The minimum absolute atomic E-state index is 0.207. The molecule has 0 saturated heterocycles. The number of rotatable bonds is 5. The summed E-state index contributed by atoms with van der Waals surface area (Å²) in [5.74, 6) is 0.662. The summed E-state index contributed by atoms with van der Waals surface area (Å²) in [6, 6.07) is 9.14. The standard InChI is InChI=1S/C18H17ClFNO4/c19-15-7-12(8-16-18(15)24-6-2-5-23-16)10-21-17(22)11-25-14-4-1-3-13(20)9-14/h1,3-4,7-9H,2,5-6,10-11H2,(H,21,22). The van der Waals surface area contributed by atoms with Crippen molar-refractivity contribution in [2.24, 2.45) is 0 Å². The summed E-state index contributed by atoms with van der Waals surface area (Å²) >= 11 is 6.21. The van der Waals surface area contributed by atoms with Crippen LogP contribution in [0.3, 0.4) is 0 Å². The van der Waals surface area contributed by atoms with Gasteiger partial charge in [-0.25, -0.2) is 4.39 Å². The minimum Gasteiger partial charge on any atom is -0.489 e. The maximum atomic E-state index is 13.1. The second kappa shape index (κ2) is 8.07. The van der Waals surface area contributed by atoms with Crippen molar-refractivity contribution in [1.29, 1.82) is 0 Å². The molecule has 0 aromatic heterocycles. The predicted octanol–water partition coefficient (Wildman–Crippen LogP) is 3.34. The van der Waals surface area contributed by atoms with E-state index < -0.39 is 5.82 Å². The van der Waals surface area contributed by atoms with E-state index in [1.165, 1.54) is 18.2 Å². The van der Waals surface area contributed by atoms with Crippen LogP contribution in [0, 0.1) is 5.82 Å². The Morgan fingerprint density at radius 1 is 1.24 bits per heavy atom. The highest BCUT2D eigenvalue weighted by atomic mass is 35.5. The molecule has 0 bridgehead atoms. The second-order valence-corrected chi connectivity index (χ2v) is 5.89. The summed E-state index contributed by atoms with van der Waals surface area (Å²) in [5.41, 5.74) is 0.786. The lowest BCUT2D eigenvalue weighted by Gasteiger charge is -2.12. The van der Waals surface area contributed by atoms with Gasteiger partial charge in [-0.1, -0.05) is 17.7 Å². The molecule has 0 atom stereocenters. The smallest absolute Gasteiger partial charge is 0.258 e. The van der Waals surface area contributed by atoms with Crippen molar-refractivity contribution in [2.45, 2.75) is 13.0 Å². The van der Waals surface area contributed by atoms with Crippen LogP contribution in [0.1, 0.15) is 12.0 Å². The maximum Gasteiger partial charge on any atom is 0.258 e. The lowest BCUT2D eigenvalue weighted by Crippen LogP contribution is -2.28. The fraction of sp³-hybridized carbons (Fsp3) is 0.278. The Morgan fingerprint density at radius 2 is 2.08 bits per heavy atom. The molecule has 132 valence electrons. The van der Waals surface area contributed by atoms with Crippen molar-refractivity contribution in [3.8, 4) is 17.2 Å². The van der Waals surface area contributed by atoms with Gasteiger partial charge in [0.05, 0.1) is 18.2 Å². The Hall–Kier alpha value is -2.47. The van der Waals surface area contributed by atoms with Gasteiger partial charge in [-0.2, -0.15) is 0 Å². The molecule has 0 fully saturated rings. The van der Waals surface area contributed by atoms with Crippen molar-refractivity contribution in [3.05, 3.63) is 52.8 Å². The van der Waals surface area contributed by atoms with E-state index in [9.17, 15) is 9.18 Å². The monoisotopic (exact) mass is 365 g/mol. The average Bonchev–Trinajstić information content (AvgIpc) is 2.84. The highest BCUT2D eigenvalue weighted by Crippen LogP contribution is 2.37. The van der Waals surface area contributed by atoms with Gasteiger partial charge in [0.2, 0.25) is 0 Å². The molecule has 0 saturated carbocycles. The molecule has 25 heavy (non-hydrogen) atoms. The molecule has 7 heteroatoms. The van der Waals surface area contributed by atoms with Gasteiger partial charge >= 0.3 is 0 Å². The third-order valence-electron chi connectivity index (χ3n) is 3.52. The Bertz CT molecular complexity index is 769. The minimum atomic E-state index is -0.417. The molecule has 0 radical (unpaired) electrons. The first-order chi connectivity index (χ1) is 12.1. The van der Waals surface area contributed by atoms with Crippen molar-refractivity contribution in [1.82, 2.24) is 5.32 Å². The third-order valence-corrected chi connectivity index (χ3v) is 3.80. The number of carbonyl (C=O) groups is 1. The van der Waals surface area contributed by atoms with Gasteiger partial charge in [-0.05, 0) is 29.8 Å². The van der Waals surface area contributed by atoms with Crippen LogP contribution in [-0.4, -0.2) is 25.7 Å². The SMILES string of the molecule is O=C(COc1cccc(F)c1)NCc1cc(Cl)c2c(c1)OCCCO2. The molecular formula is C18H17ClFNO4. The van der Waals surface area contributed by atoms with Crippen LogP contribution < -0.4 is 19.5 Å². The highest BCUT2D eigenvalue weighted by molar-refractivity contribution is 6.32. The lowest BCUT2D eigenvalue weighted by atomic mass is 10.2. The number of carbonyl (C=O) groups excluding carboxylic acids is 1. The van der Waals surface area contributed by atoms with Crippen LogP contribution in [-0.2, 0) is 11.3 Å². The van der Waals surface area contributed by atoms with E-state index in [2.05, 4.69) is 5.32 Å². The molecule has 1 heterocycles. The molecule has 1 aliphatic heterocycles. The Kier molecular flexibility index (Phi) is 5.60. The topological polar surface area (TPSA) is 56.8 Å². The van der Waals surface area contributed by atoms with E-state index in [1.54, 1.807) is 18.2 Å². The first-order valence-corrected chi connectivity index (χ1v) is 8.23. The number of hydrogen-bond donors (Lipinski definition) is 1. The van der Waals surface area contributed by atoms with Crippen LogP contribution in [0.15, 0.2) is 36.4 Å². The normalized spacial score (nSPS) is 13.0. The third kappa shape index (κ3) is 4.76. The molecule has 1 N–H and O–H groups in total. The molecule has 2 aromatic carbocycles. The van der Waals surface area contributed by atoms with E-state index >= 15 is 0 Å². The molecule has 2 aromatic rings. The quantitative estimate of drug-likeness (QED) is 0.883. The summed E-state index contributed by atoms with van der Waals surface area (Å²) < 4.78 is 29.5. The predicted molar refractivity (Wildman–Crippen MR) is 90.8 cm³/mol. The Balaban J connectivity index is 1.55. The van der Waals surface area contributed by atoms with E-state index in [1.807, 2.05) is 0 Å². The molecule has 0 spiro atoms.